The third-order valence-corrected chi connectivity index (χ3v) is 3.55. The first-order valence-electron chi connectivity index (χ1n) is 5.66. The van der Waals surface area contributed by atoms with Crippen LogP contribution in [0.2, 0.25) is 0 Å². The Bertz CT molecular complexity index is 548. The Labute approximate surface area is 110 Å². The second kappa shape index (κ2) is 5.69. The van der Waals surface area contributed by atoms with Crippen LogP contribution in [0.15, 0.2) is 36.4 Å². The molecule has 0 saturated heterocycles. The highest BCUT2D eigenvalue weighted by Gasteiger charge is 2.05. The number of aryl methyl sites for hydroxylation is 1. The number of rotatable bonds is 4. The smallest absolute Gasteiger partial charge is 0.337 e. The molecule has 0 aliphatic heterocycles. The van der Waals surface area contributed by atoms with Crippen LogP contribution in [-0.4, -0.2) is 13.1 Å². The Balaban J connectivity index is 2.03. The van der Waals surface area contributed by atoms with Crippen LogP contribution >= 0.6 is 11.3 Å². The van der Waals surface area contributed by atoms with E-state index in [4.69, 9.17) is 4.74 Å². The summed E-state index contributed by atoms with van der Waals surface area (Å²) < 4.78 is 4.69. The molecule has 2 aromatic rings. The number of ether oxygens (including phenoxy) is 1. The molecule has 0 fully saturated rings. The Morgan fingerprint density at radius 1 is 1.33 bits per heavy atom. The molecule has 2 rings (SSSR count). The van der Waals surface area contributed by atoms with Gasteiger partial charge in [0.15, 0.2) is 0 Å². The Kier molecular flexibility index (Phi) is 3.99. The van der Waals surface area contributed by atoms with Crippen molar-refractivity contribution >= 4 is 23.0 Å². The van der Waals surface area contributed by atoms with Gasteiger partial charge in [-0.25, -0.2) is 4.79 Å². The number of carbonyl (C=O) groups excluding carboxylic acids is 1. The van der Waals surface area contributed by atoms with Crippen molar-refractivity contribution < 1.29 is 9.53 Å². The third-order valence-electron chi connectivity index (χ3n) is 2.55. The fourth-order valence-electron chi connectivity index (χ4n) is 1.64. The van der Waals surface area contributed by atoms with Crippen molar-refractivity contribution in [3.8, 4) is 0 Å². The van der Waals surface area contributed by atoms with Crippen molar-refractivity contribution in [2.45, 2.75) is 13.5 Å². The molecule has 0 saturated carbocycles. The normalized spacial score (nSPS) is 10.1. The molecular weight excluding hydrogens is 246 g/mol. The van der Waals surface area contributed by atoms with E-state index in [9.17, 15) is 4.79 Å². The Morgan fingerprint density at radius 2 is 2.17 bits per heavy atom. The maximum atomic E-state index is 11.4. The summed E-state index contributed by atoms with van der Waals surface area (Å²) in [6, 6.07) is 11.5. The molecule has 1 aromatic heterocycles. The molecule has 1 N–H and O–H groups in total. The number of esters is 1. The number of nitrogens with one attached hydrogen (secondary N) is 1. The summed E-state index contributed by atoms with van der Waals surface area (Å²) in [6.45, 7) is 2.86. The molecule has 0 aliphatic rings. The van der Waals surface area contributed by atoms with Gasteiger partial charge < -0.3 is 10.1 Å². The van der Waals surface area contributed by atoms with Crippen LogP contribution < -0.4 is 5.32 Å². The largest absolute Gasteiger partial charge is 0.465 e. The number of methoxy groups -OCH3 is 1. The van der Waals surface area contributed by atoms with Crippen molar-refractivity contribution in [3.63, 3.8) is 0 Å². The summed E-state index contributed by atoms with van der Waals surface area (Å²) in [5.41, 5.74) is 1.48. The number of carbonyl (C=O) groups is 1. The summed E-state index contributed by atoms with van der Waals surface area (Å²) in [5, 5.41) is 3.30. The van der Waals surface area contributed by atoms with Gasteiger partial charge in [0.05, 0.1) is 12.7 Å². The Hall–Kier alpha value is -1.81. The molecule has 1 aromatic carbocycles. The van der Waals surface area contributed by atoms with Gasteiger partial charge >= 0.3 is 5.97 Å². The number of thiophene rings is 1. The standard InChI is InChI=1S/C14H15NO2S/c1-10-6-7-13(18-10)9-15-12-5-3-4-11(8-12)14(16)17-2/h3-8,15H,9H2,1-2H3. The van der Waals surface area contributed by atoms with Crippen molar-refractivity contribution in [1.82, 2.24) is 0 Å². The molecule has 4 heteroatoms. The average molecular weight is 261 g/mol. The Morgan fingerprint density at radius 3 is 2.83 bits per heavy atom. The quantitative estimate of drug-likeness (QED) is 0.857. The van der Waals surface area contributed by atoms with Crippen LogP contribution in [0, 0.1) is 6.92 Å². The predicted molar refractivity (Wildman–Crippen MR) is 74.2 cm³/mol. The molecule has 0 spiro atoms. The van der Waals surface area contributed by atoms with Gasteiger partial charge in [-0.3, -0.25) is 0 Å². The summed E-state index contributed by atoms with van der Waals surface area (Å²) >= 11 is 1.77. The van der Waals surface area contributed by atoms with Crippen LogP contribution in [0.4, 0.5) is 5.69 Å². The van der Waals surface area contributed by atoms with Crippen LogP contribution in [0.25, 0.3) is 0 Å². The van der Waals surface area contributed by atoms with Gasteiger partial charge in [-0.15, -0.1) is 11.3 Å². The lowest BCUT2D eigenvalue weighted by atomic mass is 10.2. The molecule has 1 heterocycles. The lowest BCUT2D eigenvalue weighted by Crippen LogP contribution is -2.03. The maximum Gasteiger partial charge on any atom is 0.337 e. The average Bonchev–Trinajstić information content (AvgIpc) is 2.81. The van der Waals surface area contributed by atoms with E-state index < -0.39 is 0 Å². The highest BCUT2D eigenvalue weighted by Crippen LogP contribution is 2.18. The van der Waals surface area contributed by atoms with E-state index >= 15 is 0 Å². The van der Waals surface area contributed by atoms with Crippen molar-refractivity contribution in [3.05, 3.63) is 51.7 Å². The molecule has 0 radical (unpaired) electrons. The maximum absolute atomic E-state index is 11.4. The fourth-order valence-corrected chi connectivity index (χ4v) is 2.47. The summed E-state index contributed by atoms with van der Waals surface area (Å²) in [4.78, 5) is 14.0. The second-order valence-corrected chi connectivity index (χ2v) is 5.31. The van der Waals surface area contributed by atoms with Crippen LogP contribution in [0.1, 0.15) is 20.1 Å². The highest BCUT2D eigenvalue weighted by atomic mass is 32.1. The van der Waals surface area contributed by atoms with E-state index in [-0.39, 0.29) is 5.97 Å². The van der Waals surface area contributed by atoms with Crippen molar-refractivity contribution in [2.75, 3.05) is 12.4 Å². The molecule has 0 aliphatic carbocycles. The molecule has 3 nitrogen and oxygen atoms in total. The van der Waals surface area contributed by atoms with Gasteiger partial charge in [-0.1, -0.05) is 6.07 Å². The summed E-state index contributed by atoms with van der Waals surface area (Å²) in [6.07, 6.45) is 0. The first-order valence-corrected chi connectivity index (χ1v) is 6.48. The van der Waals surface area contributed by atoms with Gasteiger partial charge in [-0.2, -0.15) is 0 Å². The first-order chi connectivity index (χ1) is 8.69. The van der Waals surface area contributed by atoms with E-state index in [0.29, 0.717) is 5.56 Å². The third kappa shape index (κ3) is 3.11. The van der Waals surface area contributed by atoms with Crippen LogP contribution in [0.5, 0.6) is 0 Å². The van der Waals surface area contributed by atoms with Gasteiger partial charge in [0, 0.05) is 22.0 Å². The highest BCUT2D eigenvalue weighted by molar-refractivity contribution is 7.11. The fraction of sp³-hybridized carbons (Fsp3) is 0.214. The minimum Gasteiger partial charge on any atom is -0.465 e. The minimum absolute atomic E-state index is 0.314. The predicted octanol–water partition coefficient (Wildman–Crippen LogP) is 3.46. The number of benzene rings is 1. The minimum atomic E-state index is -0.314. The number of anilines is 1. The molecular formula is C14H15NO2S. The van der Waals surface area contributed by atoms with E-state index in [2.05, 4.69) is 24.4 Å². The van der Waals surface area contributed by atoms with Gasteiger partial charge in [0.2, 0.25) is 0 Å². The van der Waals surface area contributed by atoms with Gasteiger partial charge in [0.25, 0.3) is 0 Å². The monoisotopic (exact) mass is 261 g/mol. The van der Waals surface area contributed by atoms with Gasteiger partial charge in [0.1, 0.15) is 0 Å². The zero-order chi connectivity index (χ0) is 13.0. The van der Waals surface area contributed by atoms with E-state index in [0.717, 1.165) is 12.2 Å². The number of hydrogen-bond acceptors (Lipinski definition) is 4. The topological polar surface area (TPSA) is 38.3 Å². The molecule has 18 heavy (non-hydrogen) atoms. The van der Waals surface area contributed by atoms with Crippen LogP contribution in [-0.2, 0) is 11.3 Å². The lowest BCUT2D eigenvalue weighted by Gasteiger charge is -2.06. The summed E-state index contributed by atoms with van der Waals surface area (Å²) in [5.74, 6) is -0.314. The second-order valence-electron chi connectivity index (χ2n) is 3.94. The van der Waals surface area contributed by atoms with Crippen LogP contribution in [0.3, 0.4) is 0 Å². The SMILES string of the molecule is COC(=O)c1cccc(NCc2ccc(C)s2)c1. The first kappa shape index (κ1) is 12.6. The number of hydrogen-bond donors (Lipinski definition) is 1. The van der Waals surface area contributed by atoms with Crippen molar-refractivity contribution in [2.24, 2.45) is 0 Å². The molecule has 0 atom stereocenters. The molecule has 94 valence electrons. The lowest BCUT2D eigenvalue weighted by molar-refractivity contribution is 0.0601. The van der Waals surface area contributed by atoms with E-state index in [1.54, 1.807) is 23.5 Å². The van der Waals surface area contributed by atoms with Gasteiger partial charge in [-0.05, 0) is 37.3 Å². The zero-order valence-electron chi connectivity index (χ0n) is 10.4. The zero-order valence-corrected chi connectivity index (χ0v) is 11.2. The molecule has 0 unspecified atom stereocenters. The van der Waals surface area contributed by atoms with E-state index in [1.165, 1.54) is 16.9 Å². The van der Waals surface area contributed by atoms with Crippen molar-refractivity contribution in [1.29, 1.82) is 0 Å². The van der Waals surface area contributed by atoms with E-state index in [1.807, 2.05) is 12.1 Å². The molecule has 0 bridgehead atoms. The molecule has 0 amide bonds. The summed E-state index contributed by atoms with van der Waals surface area (Å²) in [7, 11) is 1.39.